The van der Waals surface area contributed by atoms with Gasteiger partial charge in [0.15, 0.2) is 0 Å². The molecule has 0 bridgehead atoms. The molecule has 0 aliphatic heterocycles. The molecule has 0 fully saturated rings. The van der Waals surface area contributed by atoms with Crippen LogP contribution in [-0.2, 0) is 4.79 Å². The maximum Gasteiger partial charge on any atom is 0.231 e. The summed E-state index contributed by atoms with van der Waals surface area (Å²) < 4.78 is 27.1. The molecule has 0 saturated carbocycles. The van der Waals surface area contributed by atoms with Gasteiger partial charge in [-0.1, -0.05) is 0 Å². The van der Waals surface area contributed by atoms with Crippen LogP contribution in [0.4, 0.5) is 14.5 Å². The fraction of sp³-hybridized carbons (Fsp3) is 0.500. The number of carbonyl (C=O) groups excluding carboxylic acids is 1. The average molecular weight is 270 g/mol. The number of nitrogens with one attached hydrogen (secondary N) is 1. The van der Waals surface area contributed by atoms with E-state index in [9.17, 15) is 13.6 Å². The average Bonchev–Trinajstić information content (AvgIpc) is 2.24. The zero-order chi connectivity index (χ0) is 15.0. The van der Waals surface area contributed by atoms with Crippen molar-refractivity contribution in [1.29, 1.82) is 0 Å². The Kier molecular flexibility index (Phi) is 4.00. The number of aryl methyl sites for hydroxylation is 1. The fourth-order valence-electron chi connectivity index (χ4n) is 1.31. The van der Waals surface area contributed by atoms with Crippen LogP contribution in [0.15, 0.2) is 12.1 Å². The standard InChI is InChI=1S/C14H20F2N2O/c1-8-6-10(16)11(7-9(8)15)18-12(19)13(2,3)14(4,5)17/h6-7H,17H2,1-5H3,(H,18,19). The molecular formula is C14H20F2N2O. The molecule has 5 heteroatoms. The highest BCUT2D eigenvalue weighted by Gasteiger charge is 2.40. The van der Waals surface area contributed by atoms with Crippen molar-refractivity contribution in [3.05, 3.63) is 29.3 Å². The molecule has 0 heterocycles. The Morgan fingerprint density at radius 1 is 1.16 bits per heavy atom. The summed E-state index contributed by atoms with van der Waals surface area (Å²) in [5.41, 5.74) is 4.22. The monoisotopic (exact) mass is 270 g/mol. The van der Waals surface area contributed by atoms with Crippen LogP contribution in [0, 0.1) is 24.0 Å². The number of nitrogens with two attached hydrogens (primary N) is 1. The molecule has 3 nitrogen and oxygen atoms in total. The first-order valence-electron chi connectivity index (χ1n) is 6.03. The number of halogens is 2. The van der Waals surface area contributed by atoms with E-state index in [0.29, 0.717) is 0 Å². The fourth-order valence-corrected chi connectivity index (χ4v) is 1.31. The third kappa shape index (κ3) is 3.10. The van der Waals surface area contributed by atoms with E-state index < -0.39 is 28.5 Å². The molecule has 0 aliphatic carbocycles. The van der Waals surface area contributed by atoms with Gasteiger partial charge in [0.2, 0.25) is 5.91 Å². The maximum absolute atomic E-state index is 13.7. The first-order valence-corrected chi connectivity index (χ1v) is 6.03. The van der Waals surface area contributed by atoms with Gasteiger partial charge in [-0.2, -0.15) is 0 Å². The molecule has 0 atom stereocenters. The Labute approximate surface area is 112 Å². The number of benzene rings is 1. The van der Waals surface area contributed by atoms with Gasteiger partial charge in [0.1, 0.15) is 11.6 Å². The van der Waals surface area contributed by atoms with Crippen LogP contribution < -0.4 is 11.1 Å². The van der Waals surface area contributed by atoms with E-state index in [0.717, 1.165) is 12.1 Å². The third-order valence-corrected chi connectivity index (χ3v) is 3.68. The number of rotatable bonds is 3. The van der Waals surface area contributed by atoms with Crippen molar-refractivity contribution in [3.8, 4) is 0 Å². The summed E-state index contributed by atoms with van der Waals surface area (Å²) >= 11 is 0. The molecule has 0 aliphatic rings. The van der Waals surface area contributed by atoms with E-state index in [1.807, 2.05) is 0 Å². The van der Waals surface area contributed by atoms with Crippen molar-refractivity contribution < 1.29 is 13.6 Å². The highest BCUT2D eigenvalue weighted by molar-refractivity contribution is 5.95. The summed E-state index contributed by atoms with van der Waals surface area (Å²) in [6.07, 6.45) is 0. The lowest BCUT2D eigenvalue weighted by atomic mass is 9.74. The van der Waals surface area contributed by atoms with Gasteiger partial charge >= 0.3 is 0 Å². The van der Waals surface area contributed by atoms with E-state index in [1.54, 1.807) is 27.7 Å². The number of hydrogen-bond donors (Lipinski definition) is 2. The van der Waals surface area contributed by atoms with Crippen LogP contribution >= 0.6 is 0 Å². The number of anilines is 1. The van der Waals surface area contributed by atoms with E-state index in [-0.39, 0.29) is 11.3 Å². The second kappa shape index (κ2) is 4.89. The van der Waals surface area contributed by atoms with Crippen LogP contribution in [0.5, 0.6) is 0 Å². The van der Waals surface area contributed by atoms with E-state index in [2.05, 4.69) is 5.32 Å². The molecule has 1 amide bonds. The normalized spacial score (nSPS) is 12.4. The minimum absolute atomic E-state index is 0.176. The van der Waals surface area contributed by atoms with Crippen LogP contribution in [0.3, 0.4) is 0 Å². The predicted octanol–water partition coefficient (Wildman–Crippen LogP) is 2.98. The Morgan fingerprint density at radius 3 is 2.16 bits per heavy atom. The molecule has 106 valence electrons. The second-order valence-electron chi connectivity index (χ2n) is 5.88. The lowest BCUT2D eigenvalue weighted by molar-refractivity contribution is -0.126. The van der Waals surface area contributed by atoms with Gasteiger partial charge in [-0.3, -0.25) is 4.79 Å². The van der Waals surface area contributed by atoms with Crippen LogP contribution in [0.1, 0.15) is 33.3 Å². The van der Waals surface area contributed by atoms with Crippen molar-refractivity contribution in [2.75, 3.05) is 5.32 Å². The molecule has 0 radical (unpaired) electrons. The van der Waals surface area contributed by atoms with Gasteiger partial charge in [-0.25, -0.2) is 8.78 Å². The quantitative estimate of drug-likeness (QED) is 0.887. The van der Waals surface area contributed by atoms with Gasteiger partial charge in [-0.15, -0.1) is 0 Å². The van der Waals surface area contributed by atoms with Gasteiger partial charge < -0.3 is 11.1 Å². The van der Waals surface area contributed by atoms with Crippen molar-refractivity contribution in [3.63, 3.8) is 0 Å². The molecule has 3 N–H and O–H groups in total. The topological polar surface area (TPSA) is 55.1 Å². The highest BCUT2D eigenvalue weighted by Crippen LogP contribution is 2.30. The zero-order valence-corrected chi connectivity index (χ0v) is 11.9. The number of carbonyl (C=O) groups is 1. The summed E-state index contributed by atoms with van der Waals surface area (Å²) in [4.78, 5) is 12.1. The number of amides is 1. The summed E-state index contributed by atoms with van der Waals surface area (Å²) in [6.45, 7) is 8.18. The smallest absolute Gasteiger partial charge is 0.231 e. The minimum atomic E-state index is -0.930. The zero-order valence-electron chi connectivity index (χ0n) is 11.9. The Balaban J connectivity index is 3.05. The van der Waals surface area contributed by atoms with Gasteiger partial charge in [0.05, 0.1) is 11.1 Å². The summed E-state index contributed by atoms with van der Waals surface area (Å²) in [7, 11) is 0. The summed E-state index contributed by atoms with van der Waals surface area (Å²) in [6, 6.07) is 2.02. The lowest BCUT2D eigenvalue weighted by Crippen LogP contribution is -2.53. The number of hydrogen-bond acceptors (Lipinski definition) is 2. The summed E-state index contributed by atoms with van der Waals surface area (Å²) in [5, 5.41) is 2.39. The van der Waals surface area contributed by atoms with Gasteiger partial charge in [0, 0.05) is 11.6 Å². The van der Waals surface area contributed by atoms with Gasteiger partial charge in [-0.05, 0) is 46.2 Å². The molecule has 0 aromatic heterocycles. The van der Waals surface area contributed by atoms with Crippen LogP contribution in [0.2, 0.25) is 0 Å². The van der Waals surface area contributed by atoms with E-state index in [4.69, 9.17) is 5.73 Å². The lowest BCUT2D eigenvalue weighted by Gasteiger charge is -2.36. The molecular weight excluding hydrogens is 250 g/mol. The van der Waals surface area contributed by atoms with Gasteiger partial charge in [0.25, 0.3) is 0 Å². The Bertz CT molecular complexity index is 505. The van der Waals surface area contributed by atoms with E-state index in [1.165, 1.54) is 6.92 Å². The molecule has 1 rings (SSSR count). The van der Waals surface area contributed by atoms with E-state index >= 15 is 0 Å². The molecule has 0 unspecified atom stereocenters. The van der Waals surface area contributed by atoms with Crippen molar-refractivity contribution >= 4 is 11.6 Å². The van der Waals surface area contributed by atoms with Crippen LogP contribution in [0.25, 0.3) is 0 Å². The van der Waals surface area contributed by atoms with Crippen molar-refractivity contribution in [1.82, 2.24) is 0 Å². The first-order chi connectivity index (χ1) is 8.46. The molecule has 1 aromatic rings. The maximum atomic E-state index is 13.7. The Hall–Kier alpha value is -1.49. The molecule has 0 spiro atoms. The minimum Gasteiger partial charge on any atom is -0.325 e. The molecule has 1 aromatic carbocycles. The molecule has 0 saturated heterocycles. The van der Waals surface area contributed by atoms with Crippen LogP contribution in [-0.4, -0.2) is 11.4 Å². The second-order valence-corrected chi connectivity index (χ2v) is 5.88. The predicted molar refractivity (Wildman–Crippen MR) is 71.8 cm³/mol. The first kappa shape index (κ1) is 15.6. The third-order valence-electron chi connectivity index (χ3n) is 3.68. The highest BCUT2D eigenvalue weighted by atomic mass is 19.1. The Morgan fingerprint density at radius 2 is 1.68 bits per heavy atom. The van der Waals surface area contributed by atoms with Crippen molar-refractivity contribution in [2.24, 2.45) is 11.1 Å². The molecule has 19 heavy (non-hydrogen) atoms. The largest absolute Gasteiger partial charge is 0.325 e. The van der Waals surface area contributed by atoms with Crippen molar-refractivity contribution in [2.45, 2.75) is 40.2 Å². The summed E-state index contributed by atoms with van der Waals surface area (Å²) in [5.74, 6) is -1.69. The SMILES string of the molecule is Cc1cc(F)c(NC(=O)C(C)(C)C(C)(C)N)cc1F.